The van der Waals surface area contributed by atoms with Crippen LogP contribution in [0.4, 0.5) is 11.4 Å². The van der Waals surface area contributed by atoms with E-state index in [-0.39, 0.29) is 11.3 Å². The lowest BCUT2D eigenvalue weighted by molar-refractivity contribution is 0.0697. The lowest BCUT2D eigenvalue weighted by Crippen LogP contribution is -2.29. The molecule has 0 spiro atoms. The molecule has 10 nitrogen and oxygen atoms in total. The number of sulfonamides is 1. The topological polar surface area (TPSA) is 134 Å². The van der Waals surface area contributed by atoms with Crippen LogP contribution in [0.15, 0.2) is 83.4 Å². The van der Waals surface area contributed by atoms with E-state index in [0.717, 1.165) is 11.9 Å². The molecule has 0 bridgehead atoms. The highest BCUT2D eigenvalue weighted by atomic mass is 32.2. The Kier molecular flexibility index (Phi) is 6.98. The first-order chi connectivity index (χ1) is 18.7. The molecule has 1 saturated heterocycles. The molecular weight excluding hydrogens is 540 g/mol. The fourth-order valence-electron chi connectivity index (χ4n) is 4.58. The maximum atomic E-state index is 11.8. The number of pyridine rings is 1. The van der Waals surface area contributed by atoms with Gasteiger partial charge in [-0.05, 0) is 54.7 Å². The van der Waals surface area contributed by atoms with Crippen molar-refractivity contribution in [3.63, 3.8) is 0 Å². The molecular formula is C27H24N4O6S2. The summed E-state index contributed by atoms with van der Waals surface area (Å²) in [7, 11) is -2.09. The number of hydrogen-bond acceptors (Lipinski definition) is 7. The van der Waals surface area contributed by atoms with E-state index < -0.39 is 28.1 Å². The number of nitrogens with one attached hydrogen (secondary N) is 2. The summed E-state index contributed by atoms with van der Waals surface area (Å²) < 4.78 is 37.8. The van der Waals surface area contributed by atoms with Crippen molar-refractivity contribution in [1.82, 2.24) is 10.3 Å². The van der Waals surface area contributed by atoms with Crippen molar-refractivity contribution in [3.05, 3.63) is 96.0 Å². The molecule has 1 aliphatic rings. The molecule has 1 fully saturated rings. The van der Waals surface area contributed by atoms with Crippen LogP contribution in [0.1, 0.15) is 33.9 Å². The quantitative estimate of drug-likeness (QED) is 0.261. The van der Waals surface area contributed by atoms with E-state index in [1.165, 1.54) is 13.2 Å². The Bertz CT molecular complexity index is 1660. The number of thiocarbonyl (C=S) groups is 1. The van der Waals surface area contributed by atoms with Crippen LogP contribution >= 0.6 is 12.2 Å². The number of aromatic carboxylic acids is 1. The predicted molar refractivity (Wildman–Crippen MR) is 150 cm³/mol. The number of ether oxygens (including phenoxy) is 1. The molecule has 12 heteroatoms. The summed E-state index contributed by atoms with van der Waals surface area (Å²) in [5.41, 5.74) is 2.19. The predicted octanol–water partition coefficient (Wildman–Crippen LogP) is 4.60. The van der Waals surface area contributed by atoms with E-state index in [4.69, 9.17) is 21.4 Å². The van der Waals surface area contributed by atoms with Gasteiger partial charge in [0.2, 0.25) is 10.0 Å². The highest BCUT2D eigenvalue weighted by Gasteiger charge is 2.43. The van der Waals surface area contributed by atoms with Gasteiger partial charge in [0.05, 0.1) is 36.4 Å². The van der Waals surface area contributed by atoms with Gasteiger partial charge >= 0.3 is 5.97 Å². The summed E-state index contributed by atoms with van der Waals surface area (Å²) in [5.74, 6) is 0.155. The van der Waals surface area contributed by atoms with Crippen molar-refractivity contribution in [2.24, 2.45) is 0 Å². The number of carbonyl (C=O) groups is 1. The molecule has 1 aliphatic heterocycles. The minimum absolute atomic E-state index is 0.121. The van der Waals surface area contributed by atoms with Crippen molar-refractivity contribution in [2.45, 2.75) is 12.1 Å². The number of carboxylic acid groups (broad SMARTS) is 1. The van der Waals surface area contributed by atoms with Gasteiger partial charge in [-0.25, -0.2) is 13.2 Å². The molecule has 2 atom stereocenters. The molecule has 0 unspecified atom stereocenters. The minimum Gasteiger partial charge on any atom is -0.494 e. The largest absolute Gasteiger partial charge is 0.494 e. The minimum atomic E-state index is -3.53. The summed E-state index contributed by atoms with van der Waals surface area (Å²) in [5, 5.41) is 13.4. The van der Waals surface area contributed by atoms with E-state index >= 15 is 0 Å². The summed E-state index contributed by atoms with van der Waals surface area (Å²) in [6.45, 7) is 0. The van der Waals surface area contributed by atoms with Crippen LogP contribution in [-0.4, -0.2) is 43.0 Å². The zero-order valence-corrected chi connectivity index (χ0v) is 22.5. The van der Waals surface area contributed by atoms with Crippen molar-refractivity contribution in [3.8, 4) is 17.1 Å². The second kappa shape index (κ2) is 10.4. The Morgan fingerprint density at radius 1 is 1.13 bits per heavy atom. The van der Waals surface area contributed by atoms with Crippen LogP contribution in [0.3, 0.4) is 0 Å². The third-order valence-corrected chi connectivity index (χ3v) is 7.10. The van der Waals surface area contributed by atoms with E-state index in [0.29, 0.717) is 33.6 Å². The first-order valence-electron chi connectivity index (χ1n) is 11.7. The number of furan rings is 1. The van der Waals surface area contributed by atoms with E-state index in [1.54, 1.807) is 54.7 Å². The fraction of sp³-hybridized carbons (Fsp3) is 0.148. The van der Waals surface area contributed by atoms with Crippen LogP contribution in [0.2, 0.25) is 0 Å². The monoisotopic (exact) mass is 564 g/mol. The second-order valence-electron chi connectivity index (χ2n) is 8.81. The van der Waals surface area contributed by atoms with Crippen LogP contribution in [0, 0.1) is 0 Å². The number of rotatable bonds is 8. The van der Waals surface area contributed by atoms with E-state index in [9.17, 15) is 18.3 Å². The van der Waals surface area contributed by atoms with Crippen LogP contribution in [-0.2, 0) is 10.0 Å². The number of anilines is 2. The van der Waals surface area contributed by atoms with Gasteiger partial charge < -0.3 is 24.5 Å². The van der Waals surface area contributed by atoms with Gasteiger partial charge in [0.25, 0.3) is 0 Å². The Hall–Kier alpha value is -4.42. The number of methoxy groups -OCH3 is 1. The van der Waals surface area contributed by atoms with Crippen molar-refractivity contribution >= 4 is 44.7 Å². The maximum absolute atomic E-state index is 11.8. The van der Waals surface area contributed by atoms with Crippen LogP contribution in [0.5, 0.6) is 5.75 Å². The lowest BCUT2D eigenvalue weighted by Gasteiger charge is -2.27. The van der Waals surface area contributed by atoms with Crippen molar-refractivity contribution in [2.75, 3.05) is 23.0 Å². The van der Waals surface area contributed by atoms with Gasteiger partial charge in [0, 0.05) is 23.5 Å². The molecule has 5 rings (SSSR count). The summed E-state index contributed by atoms with van der Waals surface area (Å²) in [4.78, 5) is 18.2. The van der Waals surface area contributed by atoms with Gasteiger partial charge in [-0.2, -0.15) is 0 Å². The number of hydrogen-bond donors (Lipinski definition) is 3. The first kappa shape index (κ1) is 26.2. The zero-order chi connectivity index (χ0) is 27.7. The normalized spacial score (nSPS) is 17.1. The molecule has 0 saturated carbocycles. The van der Waals surface area contributed by atoms with Crippen molar-refractivity contribution < 1.29 is 27.5 Å². The first-order valence-corrected chi connectivity index (χ1v) is 14.0. The highest BCUT2D eigenvalue weighted by molar-refractivity contribution is 7.92. The van der Waals surface area contributed by atoms with Gasteiger partial charge in [-0.3, -0.25) is 9.71 Å². The second-order valence-corrected chi connectivity index (χ2v) is 10.9. The molecule has 2 aromatic carbocycles. The van der Waals surface area contributed by atoms with Crippen LogP contribution in [0.25, 0.3) is 11.3 Å². The third-order valence-electron chi connectivity index (χ3n) is 6.20. The Labute approximate surface area is 230 Å². The molecule has 2 aromatic heterocycles. The maximum Gasteiger partial charge on any atom is 0.336 e. The molecule has 4 aromatic rings. The lowest BCUT2D eigenvalue weighted by atomic mass is 10.0. The SMILES string of the molecule is COc1cc(N2C(=S)N[C@H](c3ccccn3)[C@H]2c2ccc(-c3ccccc3C(=O)O)o2)ccc1NS(C)(=O)=O. The number of nitrogens with zero attached hydrogens (tertiary/aromatic N) is 2. The average Bonchev–Trinajstić information content (AvgIpc) is 3.53. The Balaban J connectivity index is 1.61. The average molecular weight is 565 g/mol. The highest BCUT2D eigenvalue weighted by Crippen LogP contribution is 2.44. The van der Waals surface area contributed by atoms with E-state index in [1.807, 2.05) is 23.1 Å². The van der Waals surface area contributed by atoms with E-state index in [2.05, 4.69) is 15.0 Å². The molecule has 200 valence electrons. The smallest absolute Gasteiger partial charge is 0.336 e. The number of carboxylic acids is 1. The number of benzene rings is 2. The number of aromatic nitrogens is 1. The fourth-order valence-corrected chi connectivity index (χ4v) is 5.49. The molecule has 39 heavy (non-hydrogen) atoms. The molecule has 0 aliphatic carbocycles. The summed E-state index contributed by atoms with van der Waals surface area (Å²) in [6.07, 6.45) is 2.75. The Morgan fingerprint density at radius 2 is 1.90 bits per heavy atom. The van der Waals surface area contributed by atoms with Crippen LogP contribution < -0.4 is 19.7 Å². The molecule has 0 radical (unpaired) electrons. The molecule has 3 N–H and O–H groups in total. The summed E-state index contributed by atoms with van der Waals surface area (Å²) >= 11 is 5.75. The zero-order valence-electron chi connectivity index (χ0n) is 20.9. The van der Waals surface area contributed by atoms with Gasteiger partial charge in [-0.1, -0.05) is 24.3 Å². The van der Waals surface area contributed by atoms with Gasteiger partial charge in [0.1, 0.15) is 23.3 Å². The summed E-state index contributed by atoms with van der Waals surface area (Å²) in [6, 6.07) is 19.8. The van der Waals surface area contributed by atoms with Gasteiger partial charge in [0.15, 0.2) is 5.11 Å². The third kappa shape index (κ3) is 5.29. The van der Waals surface area contributed by atoms with Gasteiger partial charge in [-0.15, -0.1) is 0 Å². The molecule has 0 amide bonds. The Morgan fingerprint density at radius 3 is 2.59 bits per heavy atom. The van der Waals surface area contributed by atoms with Crippen molar-refractivity contribution in [1.29, 1.82) is 0 Å². The standard InChI is InChI=1S/C27H24N4O6S2/c1-36-23-15-16(10-11-19(23)30-39(2,34)35)31-25(24(29-27(31)38)20-9-5-6-14-28-20)22-13-12-21(37-22)17-7-3-4-8-18(17)26(32)33/h3-15,24-25,30H,1-2H3,(H,29,38)(H,32,33)/t24-,25-/m1/s1. The molecule has 3 heterocycles.